The third-order valence-corrected chi connectivity index (χ3v) is 5.21. The lowest BCUT2D eigenvalue weighted by Gasteiger charge is -2.12. The average molecular weight is 418 g/mol. The Kier molecular flexibility index (Phi) is 6.62. The Morgan fingerprint density at radius 2 is 1.65 bits per heavy atom. The van der Waals surface area contributed by atoms with Crippen molar-refractivity contribution < 1.29 is 9.53 Å². The number of nitrogens with one attached hydrogen (secondary N) is 2. The molecule has 0 radical (unpaired) electrons. The third kappa shape index (κ3) is 5.94. The zero-order chi connectivity index (χ0) is 21.5. The molecule has 3 aromatic rings. The van der Waals surface area contributed by atoms with E-state index in [9.17, 15) is 4.79 Å². The summed E-state index contributed by atoms with van der Waals surface area (Å²) >= 11 is 0. The van der Waals surface area contributed by atoms with Crippen LogP contribution in [0, 0.1) is 0 Å². The highest BCUT2D eigenvalue weighted by Gasteiger charge is 2.08. The van der Waals surface area contributed by atoms with Gasteiger partial charge in [-0.1, -0.05) is 24.3 Å². The molecule has 160 valence electrons. The number of benzene rings is 2. The maximum absolute atomic E-state index is 12.0. The Hall–Kier alpha value is -3.61. The zero-order valence-corrected chi connectivity index (χ0v) is 17.4. The largest absolute Gasteiger partial charge is 0.493 e. The molecule has 1 aromatic heterocycles. The van der Waals surface area contributed by atoms with Crippen LogP contribution in [0.1, 0.15) is 29.8 Å². The lowest BCUT2D eigenvalue weighted by atomic mass is 10.0. The lowest BCUT2D eigenvalue weighted by Crippen LogP contribution is -2.26. The van der Waals surface area contributed by atoms with Crippen LogP contribution in [0.15, 0.2) is 54.7 Å². The van der Waals surface area contributed by atoms with E-state index < -0.39 is 0 Å². The second-order valence-electron chi connectivity index (χ2n) is 7.61. The quantitative estimate of drug-likeness (QED) is 0.518. The summed E-state index contributed by atoms with van der Waals surface area (Å²) in [5, 5.41) is 6.21. The second kappa shape index (κ2) is 9.93. The van der Waals surface area contributed by atoms with Crippen molar-refractivity contribution in [2.45, 2.75) is 32.1 Å². The Bertz CT molecular complexity index is 1020. The number of rotatable bonds is 0. The van der Waals surface area contributed by atoms with Gasteiger partial charge in [-0.3, -0.25) is 4.79 Å². The Morgan fingerprint density at radius 1 is 0.903 bits per heavy atom. The molecular formula is C24H27N5O2. The van der Waals surface area contributed by atoms with Crippen LogP contribution < -0.4 is 21.1 Å². The molecule has 7 rings (SSSR count). The van der Waals surface area contributed by atoms with Gasteiger partial charge in [0.05, 0.1) is 24.9 Å². The van der Waals surface area contributed by atoms with E-state index in [1.165, 1.54) is 11.1 Å². The fraction of sp³-hybridized carbons (Fsp3) is 0.292. The molecule has 1 amide bonds. The normalized spacial score (nSPS) is 15.2. The van der Waals surface area contributed by atoms with Crippen LogP contribution in [0.5, 0.6) is 5.75 Å². The van der Waals surface area contributed by atoms with E-state index in [-0.39, 0.29) is 5.91 Å². The van der Waals surface area contributed by atoms with Crippen molar-refractivity contribution in [2.24, 2.45) is 0 Å². The average Bonchev–Trinajstić information content (AvgIpc) is 2.79. The van der Waals surface area contributed by atoms with Crippen molar-refractivity contribution in [1.29, 1.82) is 0 Å². The maximum Gasteiger partial charge on any atom is 0.223 e. The van der Waals surface area contributed by atoms with Crippen molar-refractivity contribution in [3.8, 4) is 5.75 Å². The second-order valence-corrected chi connectivity index (χ2v) is 7.61. The van der Waals surface area contributed by atoms with Crippen LogP contribution in [0.4, 0.5) is 17.2 Å². The van der Waals surface area contributed by atoms with Gasteiger partial charge in [-0.25, -0.2) is 9.97 Å². The summed E-state index contributed by atoms with van der Waals surface area (Å²) in [6.45, 7) is 1.00. The molecule has 0 saturated heterocycles. The Balaban J connectivity index is 1.52. The van der Waals surface area contributed by atoms with Crippen molar-refractivity contribution >= 4 is 23.1 Å². The number of hydrogen-bond acceptors (Lipinski definition) is 6. The summed E-state index contributed by atoms with van der Waals surface area (Å²) in [6, 6.07) is 16.1. The van der Waals surface area contributed by atoms with E-state index in [0.717, 1.165) is 37.2 Å². The number of hydrogen-bond donors (Lipinski definition) is 3. The number of nitrogen functional groups attached to an aromatic ring is 1. The van der Waals surface area contributed by atoms with Crippen molar-refractivity contribution in [3.05, 3.63) is 71.7 Å². The van der Waals surface area contributed by atoms with E-state index in [1.54, 1.807) is 6.20 Å². The van der Waals surface area contributed by atoms with Gasteiger partial charge >= 0.3 is 0 Å². The highest BCUT2D eigenvalue weighted by molar-refractivity contribution is 5.76. The smallest absolute Gasteiger partial charge is 0.223 e. The van der Waals surface area contributed by atoms with Crippen LogP contribution in [0.25, 0.3) is 0 Å². The molecule has 4 aliphatic rings. The van der Waals surface area contributed by atoms with Gasteiger partial charge in [0.25, 0.3) is 0 Å². The third-order valence-electron chi connectivity index (χ3n) is 5.21. The first-order valence-corrected chi connectivity index (χ1v) is 10.6. The van der Waals surface area contributed by atoms with Crippen LogP contribution in [-0.4, -0.2) is 29.0 Å². The van der Waals surface area contributed by atoms with Gasteiger partial charge in [0.15, 0.2) is 5.82 Å². The summed E-state index contributed by atoms with van der Waals surface area (Å²) in [5.41, 5.74) is 9.92. The molecule has 7 nitrogen and oxygen atoms in total. The van der Waals surface area contributed by atoms with Gasteiger partial charge in [0, 0.05) is 18.7 Å². The first-order valence-electron chi connectivity index (χ1n) is 10.6. The number of anilines is 3. The molecule has 31 heavy (non-hydrogen) atoms. The van der Waals surface area contributed by atoms with Gasteiger partial charge in [-0.15, -0.1) is 0 Å². The number of ether oxygens (including phenoxy) is 1. The van der Waals surface area contributed by atoms with E-state index in [1.807, 2.05) is 24.3 Å². The summed E-state index contributed by atoms with van der Waals surface area (Å²) in [6.07, 6.45) is 5.39. The summed E-state index contributed by atoms with van der Waals surface area (Å²) < 4.78 is 5.69. The molecule has 0 unspecified atom stereocenters. The van der Waals surface area contributed by atoms with Gasteiger partial charge in [-0.2, -0.15) is 0 Å². The molecule has 0 fully saturated rings. The highest BCUT2D eigenvalue weighted by Crippen LogP contribution is 2.23. The minimum Gasteiger partial charge on any atom is -0.493 e. The molecule has 4 N–H and O–H groups in total. The summed E-state index contributed by atoms with van der Waals surface area (Å²) in [5.74, 6) is 2.05. The Labute approximate surface area is 182 Å². The van der Waals surface area contributed by atoms with E-state index >= 15 is 0 Å². The number of nitrogens with two attached hydrogens (primary N) is 1. The van der Waals surface area contributed by atoms with Gasteiger partial charge in [0.1, 0.15) is 11.6 Å². The number of aryl methyl sites for hydroxylation is 3. The van der Waals surface area contributed by atoms with Crippen molar-refractivity contribution in [3.63, 3.8) is 0 Å². The van der Waals surface area contributed by atoms with Gasteiger partial charge < -0.3 is 21.1 Å². The van der Waals surface area contributed by atoms with Crippen LogP contribution >= 0.6 is 0 Å². The fourth-order valence-corrected chi connectivity index (χ4v) is 3.42. The van der Waals surface area contributed by atoms with E-state index in [2.05, 4.69) is 44.9 Å². The molecule has 0 spiro atoms. The van der Waals surface area contributed by atoms with E-state index in [4.69, 9.17) is 10.5 Å². The monoisotopic (exact) mass is 417 g/mol. The van der Waals surface area contributed by atoms with Gasteiger partial charge in [0.2, 0.25) is 5.91 Å². The predicted molar refractivity (Wildman–Crippen MR) is 121 cm³/mol. The SMILES string of the molecule is Nc1cnc2nc1Nc1ccc(cc1)OCCC(=O)NCCCc1ccc(cc1)CC2. The molecule has 7 heteroatoms. The molecule has 6 bridgehead atoms. The van der Waals surface area contributed by atoms with Crippen molar-refractivity contribution in [2.75, 3.05) is 24.2 Å². The zero-order valence-electron chi connectivity index (χ0n) is 17.4. The summed E-state index contributed by atoms with van der Waals surface area (Å²) in [4.78, 5) is 21.0. The minimum atomic E-state index is 0.00539. The standard InChI is InChI=1S/C24H27N5O2/c25-21-16-27-22-12-7-18-5-3-17(4-6-18)2-1-14-26-23(30)13-15-31-20-10-8-19(9-11-20)28-24(21)29-22/h3-6,8-11,16H,1-2,7,12-15,25H2,(H,26,30)(H,27,28,29). The number of carbonyl (C=O) groups excluding carboxylic acids is 1. The van der Waals surface area contributed by atoms with Crippen LogP contribution in [-0.2, 0) is 24.1 Å². The molecule has 0 atom stereocenters. The fourth-order valence-electron chi connectivity index (χ4n) is 3.42. The molecule has 4 aliphatic heterocycles. The number of nitrogens with zero attached hydrogens (tertiary/aromatic N) is 2. The molecule has 0 saturated carbocycles. The highest BCUT2D eigenvalue weighted by atomic mass is 16.5. The molecular weight excluding hydrogens is 390 g/mol. The summed E-state index contributed by atoms with van der Waals surface area (Å²) in [7, 11) is 0. The van der Waals surface area contributed by atoms with Crippen LogP contribution in [0.2, 0.25) is 0 Å². The Morgan fingerprint density at radius 3 is 2.42 bits per heavy atom. The topological polar surface area (TPSA) is 102 Å². The number of aromatic nitrogens is 2. The van der Waals surface area contributed by atoms with E-state index in [0.29, 0.717) is 36.8 Å². The van der Waals surface area contributed by atoms with Crippen LogP contribution in [0.3, 0.4) is 0 Å². The van der Waals surface area contributed by atoms with Gasteiger partial charge in [-0.05, 0) is 54.7 Å². The predicted octanol–water partition coefficient (Wildman–Crippen LogP) is 3.42. The first-order chi connectivity index (χ1) is 15.2. The number of amides is 1. The molecule has 2 aromatic carbocycles. The molecule has 0 aliphatic carbocycles. The minimum absolute atomic E-state index is 0.00539. The van der Waals surface area contributed by atoms with Crippen molar-refractivity contribution in [1.82, 2.24) is 15.3 Å². The molecule has 5 heterocycles. The number of carbonyl (C=O) groups is 1. The maximum atomic E-state index is 12.0. The lowest BCUT2D eigenvalue weighted by molar-refractivity contribution is -0.121. The first kappa shape index (κ1) is 20.7.